The molecule has 3 aromatic rings. The zero-order chi connectivity index (χ0) is 17.2. The quantitative estimate of drug-likeness (QED) is 0.767. The molecule has 1 N–H and O–H groups in total. The second kappa shape index (κ2) is 6.76. The molecule has 2 aromatic heterocycles. The second-order valence-electron chi connectivity index (χ2n) is 6.37. The summed E-state index contributed by atoms with van der Waals surface area (Å²) in [6, 6.07) is 7.61. The number of rotatable bonds is 5. The van der Waals surface area contributed by atoms with Gasteiger partial charge in [0.1, 0.15) is 5.82 Å². The average molecular weight is 339 g/mol. The van der Waals surface area contributed by atoms with Crippen molar-refractivity contribution in [1.82, 2.24) is 25.0 Å². The fraction of sp³-hybridized carbons (Fsp3) is 0.444. The van der Waals surface area contributed by atoms with E-state index in [0.29, 0.717) is 17.7 Å². The molecule has 1 saturated heterocycles. The molecule has 0 saturated carbocycles. The molecule has 0 unspecified atom stereocenters. The number of hydrogen-bond donors (Lipinski definition) is 1. The number of nitrogens with one attached hydrogen (secondary N) is 1. The highest BCUT2D eigenvalue weighted by Gasteiger charge is 2.29. The Labute approximate surface area is 145 Å². The van der Waals surface area contributed by atoms with E-state index < -0.39 is 0 Å². The molecule has 1 atom stereocenters. The minimum absolute atomic E-state index is 0.0793. The first-order valence-electron chi connectivity index (χ1n) is 8.79. The number of aromatic amines is 1. The van der Waals surface area contributed by atoms with Crippen molar-refractivity contribution in [2.24, 2.45) is 0 Å². The molecule has 130 valence electrons. The summed E-state index contributed by atoms with van der Waals surface area (Å²) in [4.78, 5) is 26.5. The van der Waals surface area contributed by atoms with E-state index in [9.17, 15) is 4.79 Å². The van der Waals surface area contributed by atoms with Crippen LogP contribution >= 0.6 is 0 Å². The van der Waals surface area contributed by atoms with Gasteiger partial charge in [0.15, 0.2) is 5.82 Å². The minimum Gasteiger partial charge on any atom is -0.339 e. The van der Waals surface area contributed by atoms with Gasteiger partial charge in [-0.3, -0.25) is 9.69 Å². The van der Waals surface area contributed by atoms with Gasteiger partial charge < -0.3 is 9.51 Å². The number of fused-ring (bicyclic) bond motifs is 1. The van der Waals surface area contributed by atoms with Gasteiger partial charge in [0, 0.05) is 19.4 Å². The van der Waals surface area contributed by atoms with Crippen molar-refractivity contribution in [1.29, 1.82) is 0 Å². The van der Waals surface area contributed by atoms with Crippen LogP contribution in [0.15, 0.2) is 33.6 Å². The maximum Gasteiger partial charge on any atom is 0.258 e. The average Bonchev–Trinajstić information content (AvgIpc) is 3.28. The number of para-hydroxylation sites is 1. The van der Waals surface area contributed by atoms with E-state index in [1.807, 2.05) is 25.1 Å². The lowest BCUT2D eigenvalue weighted by molar-refractivity contribution is 0.243. The van der Waals surface area contributed by atoms with Gasteiger partial charge in [0.2, 0.25) is 5.89 Å². The standard InChI is InChI=1S/C18H21N5O2/c1-2-16-21-17(22-25-16)14-8-5-10-23(14)11-9-15-19-13-7-4-3-6-12(13)18(24)20-15/h3-4,6-7,14H,2,5,8-11H2,1H3,(H,19,20,24)/t14-/m1/s1. The first-order valence-corrected chi connectivity index (χ1v) is 8.79. The molecule has 3 heterocycles. The highest BCUT2D eigenvalue weighted by Crippen LogP contribution is 2.30. The first kappa shape index (κ1) is 16.0. The van der Waals surface area contributed by atoms with E-state index in [1.165, 1.54) is 0 Å². The Morgan fingerprint density at radius 1 is 1.32 bits per heavy atom. The Morgan fingerprint density at radius 2 is 2.20 bits per heavy atom. The van der Waals surface area contributed by atoms with Crippen LogP contribution in [0.5, 0.6) is 0 Å². The minimum atomic E-state index is -0.0793. The van der Waals surface area contributed by atoms with Crippen LogP contribution < -0.4 is 5.56 Å². The summed E-state index contributed by atoms with van der Waals surface area (Å²) in [5.74, 6) is 2.17. The molecular weight excluding hydrogens is 318 g/mol. The van der Waals surface area contributed by atoms with Gasteiger partial charge in [-0.2, -0.15) is 4.98 Å². The van der Waals surface area contributed by atoms with Crippen molar-refractivity contribution in [3.8, 4) is 0 Å². The number of nitrogens with zero attached hydrogens (tertiary/aromatic N) is 4. The SMILES string of the molecule is CCc1nc([C@H]2CCCN2CCc2nc3ccccc3c(=O)[nH]2)no1. The normalized spacial score (nSPS) is 18.2. The van der Waals surface area contributed by atoms with Crippen molar-refractivity contribution in [2.75, 3.05) is 13.1 Å². The molecule has 1 fully saturated rings. The molecule has 4 rings (SSSR count). The number of benzene rings is 1. The molecule has 0 aliphatic carbocycles. The molecule has 0 amide bonds. The molecule has 1 aromatic carbocycles. The summed E-state index contributed by atoms with van der Waals surface area (Å²) in [6.07, 6.45) is 3.59. The van der Waals surface area contributed by atoms with E-state index in [-0.39, 0.29) is 11.6 Å². The molecular formula is C18H21N5O2. The van der Waals surface area contributed by atoms with E-state index in [2.05, 4.69) is 25.0 Å². The summed E-state index contributed by atoms with van der Waals surface area (Å²) in [5.41, 5.74) is 0.661. The number of likely N-dealkylation sites (tertiary alicyclic amines) is 1. The molecule has 1 aliphatic heterocycles. The zero-order valence-corrected chi connectivity index (χ0v) is 14.2. The first-order chi connectivity index (χ1) is 12.2. The number of aryl methyl sites for hydroxylation is 1. The van der Waals surface area contributed by atoms with Gasteiger partial charge in [-0.15, -0.1) is 0 Å². The van der Waals surface area contributed by atoms with Crippen molar-refractivity contribution in [3.05, 3.63) is 52.2 Å². The number of aromatic nitrogens is 4. The van der Waals surface area contributed by atoms with Crippen LogP contribution in [0.1, 0.15) is 43.3 Å². The van der Waals surface area contributed by atoms with Crippen LogP contribution in [0.3, 0.4) is 0 Å². The highest BCUT2D eigenvalue weighted by atomic mass is 16.5. The second-order valence-corrected chi connectivity index (χ2v) is 6.37. The third-order valence-corrected chi connectivity index (χ3v) is 4.75. The fourth-order valence-corrected chi connectivity index (χ4v) is 3.44. The smallest absolute Gasteiger partial charge is 0.258 e. The van der Waals surface area contributed by atoms with Gasteiger partial charge in [-0.25, -0.2) is 4.98 Å². The highest BCUT2D eigenvalue weighted by molar-refractivity contribution is 5.77. The van der Waals surface area contributed by atoms with Crippen LogP contribution in [-0.2, 0) is 12.8 Å². The zero-order valence-electron chi connectivity index (χ0n) is 14.2. The Balaban J connectivity index is 1.49. The van der Waals surface area contributed by atoms with Gasteiger partial charge >= 0.3 is 0 Å². The van der Waals surface area contributed by atoms with Crippen molar-refractivity contribution >= 4 is 10.9 Å². The molecule has 0 bridgehead atoms. The Hall–Kier alpha value is -2.54. The Kier molecular flexibility index (Phi) is 4.31. The largest absolute Gasteiger partial charge is 0.339 e. The molecule has 1 aliphatic rings. The summed E-state index contributed by atoms with van der Waals surface area (Å²) in [6.45, 7) is 3.81. The monoisotopic (exact) mass is 339 g/mol. The van der Waals surface area contributed by atoms with E-state index in [1.54, 1.807) is 6.07 Å². The van der Waals surface area contributed by atoms with Crippen LogP contribution in [0.2, 0.25) is 0 Å². The van der Waals surface area contributed by atoms with Crippen LogP contribution in [0.4, 0.5) is 0 Å². The van der Waals surface area contributed by atoms with Gasteiger partial charge in [-0.05, 0) is 31.5 Å². The predicted molar refractivity (Wildman–Crippen MR) is 93.3 cm³/mol. The Morgan fingerprint density at radius 3 is 3.04 bits per heavy atom. The van der Waals surface area contributed by atoms with E-state index in [0.717, 1.165) is 49.5 Å². The predicted octanol–water partition coefficient (Wildman–Crippen LogP) is 2.25. The van der Waals surface area contributed by atoms with Crippen LogP contribution in [0.25, 0.3) is 10.9 Å². The third kappa shape index (κ3) is 3.19. The summed E-state index contributed by atoms with van der Waals surface area (Å²) in [7, 11) is 0. The number of H-pyrrole nitrogens is 1. The van der Waals surface area contributed by atoms with Gasteiger partial charge in [0.05, 0.1) is 16.9 Å². The summed E-state index contributed by atoms with van der Waals surface area (Å²) < 4.78 is 5.25. The maximum atomic E-state index is 12.2. The molecule has 7 heteroatoms. The van der Waals surface area contributed by atoms with Gasteiger partial charge in [-0.1, -0.05) is 24.2 Å². The van der Waals surface area contributed by atoms with Crippen molar-refractivity contribution < 1.29 is 4.52 Å². The topological polar surface area (TPSA) is 87.9 Å². The number of hydrogen-bond acceptors (Lipinski definition) is 6. The van der Waals surface area contributed by atoms with E-state index >= 15 is 0 Å². The van der Waals surface area contributed by atoms with Crippen LogP contribution in [-0.4, -0.2) is 38.1 Å². The molecule has 7 nitrogen and oxygen atoms in total. The summed E-state index contributed by atoms with van der Waals surface area (Å²) in [5, 5.41) is 4.76. The van der Waals surface area contributed by atoms with Gasteiger partial charge in [0.25, 0.3) is 5.56 Å². The molecule has 0 spiro atoms. The third-order valence-electron chi connectivity index (χ3n) is 4.75. The van der Waals surface area contributed by atoms with Crippen molar-refractivity contribution in [2.45, 2.75) is 38.6 Å². The lowest BCUT2D eigenvalue weighted by Gasteiger charge is -2.21. The fourth-order valence-electron chi connectivity index (χ4n) is 3.44. The summed E-state index contributed by atoms with van der Waals surface area (Å²) >= 11 is 0. The van der Waals surface area contributed by atoms with Crippen molar-refractivity contribution in [3.63, 3.8) is 0 Å². The van der Waals surface area contributed by atoms with Crippen LogP contribution in [0, 0.1) is 0 Å². The lowest BCUT2D eigenvalue weighted by atomic mass is 10.2. The Bertz CT molecular complexity index is 932. The molecule has 25 heavy (non-hydrogen) atoms. The lowest BCUT2D eigenvalue weighted by Crippen LogP contribution is -2.27. The maximum absolute atomic E-state index is 12.2. The van der Waals surface area contributed by atoms with E-state index in [4.69, 9.17) is 4.52 Å². The molecule has 0 radical (unpaired) electrons.